The Balaban J connectivity index is 2.75. The Morgan fingerprint density at radius 3 is 3.08 bits per heavy atom. The number of aliphatic hydroxyl groups excluding tert-OH is 1. The van der Waals surface area contributed by atoms with Gasteiger partial charge < -0.3 is 10.1 Å². The summed E-state index contributed by atoms with van der Waals surface area (Å²) < 4.78 is 0. The van der Waals surface area contributed by atoms with Crippen LogP contribution in [0, 0.1) is 0 Å². The van der Waals surface area contributed by atoms with Crippen LogP contribution in [0.2, 0.25) is 0 Å². The van der Waals surface area contributed by atoms with Gasteiger partial charge in [0, 0.05) is 12.3 Å². The van der Waals surface area contributed by atoms with Gasteiger partial charge in [-0.1, -0.05) is 0 Å². The molecule has 0 aliphatic rings. The summed E-state index contributed by atoms with van der Waals surface area (Å²) in [5, 5.41) is 8.83. The number of aromatic nitrogens is 2. The fraction of sp³-hybridized carbons (Fsp3) is 0.111. The number of nitrogens with one attached hydrogen (secondary N) is 1. The predicted molar refractivity (Wildman–Crippen MR) is 48.3 cm³/mol. The molecule has 0 aliphatic carbocycles. The third-order valence-electron chi connectivity index (χ3n) is 1.81. The fourth-order valence-corrected chi connectivity index (χ4v) is 1.17. The lowest BCUT2D eigenvalue weighted by Gasteiger charge is -1.98. The van der Waals surface area contributed by atoms with Crippen molar-refractivity contribution in [2.45, 2.75) is 6.61 Å². The number of pyridine rings is 2. The molecule has 2 heterocycles. The second kappa shape index (κ2) is 2.99. The zero-order chi connectivity index (χ0) is 9.26. The number of nitrogens with zero attached hydrogens (tertiary/aromatic N) is 1. The van der Waals surface area contributed by atoms with Gasteiger partial charge in [-0.05, 0) is 17.7 Å². The van der Waals surface area contributed by atoms with E-state index in [0.717, 1.165) is 5.52 Å². The molecule has 0 saturated heterocycles. The van der Waals surface area contributed by atoms with Crippen LogP contribution in [0.5, 0.6) is 0 Å². The fourth-order valence-electron chi connectivity index (χ4n) is 1.17. The molecule has 66 valence electrons. The third-order valence-corrected chi connectivity index (χ3v) is 1.81. The predicted octanol–water partition coefficient (Wildman–Crippen LogP) is 0.415. The number of aromatic amines is 1. The SMILES string of the molecule is O=c1ccc2ncc(CO)cc2[nH]1. The maximum atomic E-state index is 10.9. The number of aliphatic hydroxyl groups is 1. The first kappa shape index (κ1) is 7.94. The third kappa shape index (κ3) is 1.43. The molecule has 0 atom stereocenters. The van der Waals surface area contributed by atoms with E-state index in [4.69, 9.17) is 5.11 Å². The van der Waals surface area contributed by atoms with Gasteiger partial charge in [-0.2, -0.15) is 0 Å². The molecular formula is C9H8N2O2. The molecule has 0 aliphatic heterocycles. The molecular weight excluding hydrogens is 168 g/mol. The topological polar surface area (TPSA) is 66.0 Å². The number of hydrogen-bond donors (Lipinski definition) is 2. The summed E-state index contributed by atoms with van der Waals surface area (Å²) in [7, 11) is 0. The summed E-state index contributed by atoms with van der Waals surface area (Å²) in [6.07, 6.45) is 1.58. The van der Waals surface area contributed by atoms with Gasteiger partial charge in [0.2, 0.25) is 5.56 Å². The van der Waals surface area contributed by atoms with Crippen LogP contribution in [0.4, 0.5) is 0 Å². The largest absolute Gasteiger partial charge is 0.392 e. The monoisotopic (exact) mass is 176 g/mol. The van der Waals surface area contributed by atoms with Crippen molar-refractivity contribution in [2.24, 2.45) is 0 Å². The zero-order valence-corrected chi connectivity index (χ0v) is 6.82. The van der Waals surface area contributed by atoms with E-state index in [-0.39, 0.29) is 12.2 Å². The molecule has 2 aromatic rings. The van der Waals surface area contributed by atoms with Gasteiger partial charge in [0.15, 0.2) is 0 Å². The summed E-state index contributed by atoms with van der Waals surface area (Å²) in [4.78, 5) is 17.6. The molecule has 4 nitrogen and oxygen atoms in total. The maximum Gasteiger partial charge on any atom is 0.248 e. The molecule has 2 aromatic heterocycles. The van der Waals surface area contributed by atoms with Crippen LogP contribution in [-0.4, -0.2) is 15.1 Å². The minimum Gasteiger partial charge on any atom is -0.392 e. The van der Waals surface area contributed by atoms with Crippen LogP contribution in [0.3, 0.4) is 0 Å². The summed E-state index contributed by atoms with van der Waals surface area (Å²) in [6.45, 7) is -0.0696. The molecule has 0 bridgehead atoms. The van der Waals surface area contributed by atoms with Gasteiger partial charge >= 0.3 is 0 Å². The zero-order valence-electron chi connectivity index (χ0n) is 6.82. The van der Waals surface area contributed by atoms with Crippen LogP contribution in [0.15, 0.2) is 29.2 Å². The molecule has 0 fully saturated rings. The van der Waals surface area contributed by atoms with Gasteiger partial charge in [-0.25, -0.2) is 0 Å². The molecule has 2 N–H and O–H groups in total. The highest BCUT2D eigenvalue weighted by Gasteiger charge is 1.96. The van der Waals surface area contributed by atoms with Crippen molar-refractivity contribution >= 4 is 11.0 Å². The van der Waals surface area contributed by atoms with Crippen molar-refractivity contribution in [2.75, 3.05) is 0 Å². The molecule has 4 heteroatoms. The van der Waals surface area contributed by atoms with Crippen molar-refractivity contribution in [3.8, 4) is 0 Å². The highest BCUT2D eigenvalue weighted by molar-refractivity contribution is 5.73. The molecule has 0 radical (unpaired) electrons. The first-order chi connectivity index (χ1) is 6.29. The average molecular weight is 176 g/mol. The van der Waals surface area contributed by atoms with Crippen molar-refractivity contribution in [3.63, 3.8) is 0 Å². The summed E-state index contributed by atoms with van der Waals surface area (Å²) in [5.41, 5.74) is 1.90. The van der Waals surface area contributed by atoms with Gasteiger partial charge in [0.05, 0.1) is 17.6 Å². The maximum absolute atomic E-state index is 10.9. The standard InChI is InChI=1S/C9H8N2O2/c12-5-6-3-8-7(10-4-6)1-2-9(13)11-8/h1-4,12H,5H2,(H,11,13). The highest BCUT2D eigenvalue weighted by Crippen LogP contribution is 2.07. The minimum absolute atomic E-state index is 0.0696. The minimum atomic E-state index is -0.163. The lowest BCUT2D eigenvalue weighted by atomic mass is 10.2. The van der Waals surface area contributed by atoms with Crippen molar-refractivity contribution in [1.29, 1.82) is 0 Å². The Hall–Kier alpha value is -1.68. The highest BCUT2D eigenvalue weighted by atomic mass is 16.3. The van der Waals surface area contributed by atoms with E-state index in [9.17, 15) is 4.79 Å². The van der Waals surface area contributed by atoms with E-state index in [1.807, 2.05) is 0 Å². The summed E-state index contributed by atoms with van der Waals surface area (Å²) >= 11 is 0. The first-order valence-electron chi connectivity index (χ1n) is 3.88. The average Bonchev–Trinajstić information content (AvgIpc) is 2.16. The Morgan fingerprint density at radius 1 is 1.46 bits per heavy atom. The first-order valence-corrected chi connectivity index (χ1v) is 3.88. The molecule has 0 spiro atoms. The van der Waals surface area contributed by atoms with Crippen LogP contribution in [-0.2, 0) is 6.61 Å². The van der Waals surface area contributed by atoms with E-state index < -0.39 is 0 Å². The number of rotatable bonds is 1. The Morgan fingerprint density at radius 2 is 2.31 bits per heavy atom. The second-order valence-corrected chi connectivity index (χ2v) is 2.76. The van der Waals surface area contributed by atoms with E-state index >= 15 is 0 Å². The Labute approximate surface area is 73.9 Å². The van der Waals surface area contributed by atoms with Crippen molar-refractivity contribution in [1.82, 2.24) is 9.97 Å². The Bertz CT molecular complexity index is 490. The number of fused-ring (bicyclic) bond motifs is 1. The molecule has 0 unspecified atom stereocenters. The molecule has 0 amide bonds. The van der Waals surface area contributed by atoms with Gasteiger partial charge in [-0.15, -0.1) is 0 Å². The van der Waals surface area contributed by atoms with Crippen LogP contribution in [0.1, 0.15) is 5.56 Å². The van der Waals surface area contributed by atoms with E-state index in [1.165, 1.54) is 6.07 Å². The van der Waals surface area contributed by atoms with Crippen LogP contribution < -0.4 is 5.56 Å². The van der Waals surface area contributed by atoms with Crippen LogP contribution >= 0.6 is 0 Å². The van der Waals surface area contributed by atoms with Gasteiger partial charge in [0.1, 0.15) is 0 Å². The lowest BCUT2D eigenvalue weighted by Crippen LogP contribution is -2.03. The second-order valence-electron chi connectivity index (χ2n) is 2.76. The van der Waals surface area contributed by atoms with Crippen LogP contribution in [0.25, 0.3) is 11.0 Å². The Kier molecular flexibility index (Phi) is 1.83. The summed E-state index contributed by atoms with van der Waals surface area (Å²) in [5.74, 6) is 0. The van der Waals surface area contributed by atoms with Gasteiger partial charge in [0.25, 0.3) is 0 Å². The van der Waals surface area contributed by atoms with E-state index in [1.54, 1.807) is 18.3 Å². The summed E-state index contributed by atoms with van der Waals surface area (Å²) in [6, 6.07) is 4.78. The number of H-pyrrole nitrogens is 1. The molecule has 2 rings (SSSR count). The quantitative estimate of drug-likeness (QED) is 0.661. The number of hydrogen-bond acceptors (Lipinski definition) is 3. The lowest BCUT2D eigenvalue weighted by molar-refractivity contribution is 0.281. The molecule has 0 aromatic carbocycles. The molecule has 13 heavy (non-hydrogen) atoms. The molecule has 0 saturated carbocycles. The van der Waals surface area contributed by atoms with E-state index in [0.29, 0.717) is 11.1 Å². The van der Waals surface area contributed by atoms with Gasteiger partial charge in [-0.3, -0.25) is 9.78 Å². The van der Waals surface area contributed by atoms with E-state index in [2.05, 4.69) is 9.97 Å². The van der Waals surface area contributed by atoms with Crippen molar-refractivity contribution < 1.29 is 5.11 Å². The smallest absolute Gasteiger partial charge is 0.248 e. The van der Waals surface area contributed by atoms with Crippen molar-refractivity contribution in [3.05, 3.63) is 40.3 Å². The normalized spacial score (nSPS) is 10.5.